The minimum absolute atomic E-state index is 0.00806. The second-order valence-corrected chi connectivity index (χ2v) is 5.38. The summed E-state index contributed by atoms with van der Waals surface area (Å²) in [6.45, 7) is 4.11. The average Bonchev–Trinajstić information content (AvgIpc) is 2.72. The van der Waals surface area contributed by atoms with E-state index in [9.17, 15) is 0 Å². The second-order valence-electron chi connectivity index (χ2n) is 4.02. The Bertz CT molecular complexity index is 522. The van der Waals surface area contributed by atoms with Gasteiger partial charge in [0.05, 0.1) is 6.04 Å². The third-order valence-corrected chi connectivity index (χ3v) is 4.44. The Hall–Kier alpha value is -0.870. The highest BCUT2D eigenvalue weighted by Crippen LogP contribution is 2.32. The number of nitrogens with one attached hydrogen (secondary N) is 1. The summed E-state index contributed by atoms with van der Waals surface area (Å²) in [5.74, 6) is 5.70. The van der Waals surface area contributed by atoms with Crippen LogP contribution in [-0.2, 0) is 0 Å². The van der Waals surface area contributed by atoms with Crippen molar-refractivity contribution in [1.82, 2.24) is 5.43 Å². The monoisotopic (exact) mass is 266 g/mol. The van der Waals surface area contributed by atoms with E-state index in [1.54, 1.807) is 11.3 Å². The molecular formula is C13H15ClN2S. The van der Waals surface area contributed by atoms with Crippen molar-refractivity contribution in [2.24, 2.45) is 5.84 Å². The molecule has 0 saturated heterocycles. The second kappa shape index (κ2) is 5.19. The van der Waals surface area contributed by atoms with Crippen LogP contribution < -0.4 is 11.3 Å². The smallest absolute Gasteiger partial charge is 0.0808 e. The molecule has 0 spiro atoms. The minimum atomic E-state index is 0.00806. The fraction of sp³-hybridized carbons (Fsp3) is 0.231. The fourth-order valence-corrected chi connectivity index (χ4v) is 3.11. The molecule has 90 valence electrons. The van der Waals surface area contributed by atoms with Gasteiger partial charge in [-0.1, -0.05) is 23.7 Å². The van der Waals surface area contributed by atoms with Crippen LogP contribution in [0.15, 0.2) is 29.6 Å². The first-order valence-electron chi connectivity index (χ1n) is 5.40. The number of halogens is 1. The molecule has 1 aromatic carbocycles. The van der Waals surface area contributed by atoms with Crippen LogP contribution in [0.5, 0.6) is 0 Å². The van der Waals surface area contributed by atoms with E-state index in [0.717, 1.165) is 16.1 Å². The Morgan fingerprint density at radius 2 is 2.06 bits per heavy atom. The van der Waals surface area contributed by atoms with Crippen molar-refractivity contribution in [3.63, 3.8) is 0 Å². The van der Waals surface area contributed by atoms with E-state index < -0.39 is 0 Å². The van der Waals surface area contributed by atoms with Gasteiger partial charge in [-0.05, 0) is 48.1 Å². The largest absolute Gasteiger partial charge is 0.271 e. The van der Waals surface area contributed by atoms with Gasteiger partial charge in [-0.25, -0.2) is 5.43 Å². The SMILES string of the molecule is Cc1ccsc1C(NN)c1cccc(Cl)c1C. The number of aryl methyl sites for hydroxylation is 1. The number of thiophene rings is 1. The van der Waals surface area contributed by atoms with Crippen LogP contribution >= 0.6 is 22.9 Å². The molecule has 2 aromatic rings. The van der Waals surface area contributed by atoms with E-state index in [4.69, 9.17) is 17.4 Å². The third-order valence-electron chi connectivity index (χ3n) is 2.95. The number of hydrazine groups is 1. The Morgan fingerprint density at radius 1 is 1.29 bits per heavy atom. The number of nitrogens with two attached hydrogens (primary N) is 1. The van der Waals surface area contributed by atoms with Crippen molar-refractivity contribution in [3.05, 3.63) is 56.2 Å². The lowest BCUT2D eigenvalue weighted by Gasteiger charge is -2.19. The summed E-state index contributed by atoms with van der Waals surface area (Å²) >= 11 is 7.86. The Kier molecular flexibility index (Phi) is 3.84. The maximum absolute atomic E-state index is 6.15. The van der Waals surface area contributed by atoms with E-state index in [1.165, 1.54) is 10.4 Å². The average molecular weight is 267 g/mol. The Balaban J connectivity index is 2.50. The zero-order valence-electron chi connectivity index (χ0n) is 9.83. The molecule has 0 amide bonds. The molecule has 3 N–H and O–H groups in total. The van der Waals surface area contributed by atoms with E-state index in [-0.39, 0.29) is 6.04 Å². The molecule has 0 aliphatic rings. The first kappa shape index (κ1) is 12.6. The molecule has 2 rings (SSSR count). The molecule has 1 unspecified atom stereocenters. The molecule has 17 heavy (non-hydrogen) atoms. The predicted octanol–water partition coefficient (Wildman–Crippen LogP) is 3.57. The Labute approximate surface area is 110 Å². The number of hydrogen-bond donors (Lipinski definition) is 2. The quantitative estimate of drug-likeness (QED) is 0.658. The summed E-state index contributed by atoms with van der Waals surface area (Å²) < 4.78 is 0. The van der Waals surface area contributed by atoms with Gasteiger partial charge in [-0.2, -0.15) is 0 Å². The number of benzene rings is 1. The molecule has 0 aliphatic carbocycles. The van der Waals surface area contributed by atoms with Crippen LogP contribution in [0.25, 0.3) is 0 Å². The summed E-state index contributed by atoms with van der Waals surface area (Å²) in [6, 6.07) is 8.02. The van der Waals surface area contributed by atoms with Crippen molar-refractivity contribution in [2.75, 3.05) is 0 Å². The predicted molar refractivity (Wildman–Crippen MR) is 74.4 cm³/mol. The summed E-state index contributed by atoms with van der Waals surface area (Å²) in [7, 11) is 0. The minimum Gasteiger partial charge on any atom is -0.271 e. The molecule has 0 saturated carbocycles. The highest BCUT2D eigenvalue weighted by Gasteiger charge is 2.18. The van der Waals surface area contributed by atoms with E-state index in [2.05, 4.69) is 29.9 Å². The summed E-state index contributed by atoms with van der Waals surface area (Å²) in [4.78, 5) is 1.23. The number of rotatable bonds is 3. The van der Waals surface area contributed by atoms with E-state index in [1.807, 2.05) is 19.1 Å². The lowest BCUT2D eigenvalue weighted by Crippen LogP contribution is -2.29. The lowest BCUT2D eigenvalue weighted by molar-refractivity contribution is 0.640. The van der Waals surface area contributed by atoms with Gasteiger partial charge in [0.2, 0.25) is 0 Å². The van der Waals surface area contributed by atoms with Gasteiger partial charge in [-0.15, -0.1) is 11.3 Å². The lowest BCUT2D eigenvalue weighted by atomic mass is 9.99. The molecule has 1 atom stereocenters. The standard InChI is InChI=1S/C13H15ClN2S/c1-8-6-7-17-13(8)12(16-15)10-4-3-5-11(14)9(10)2/h3-7,12,16H,15H2,1-2H3. The van der Waals surface area contributed by atoms with Crippen molar-refractivity contribution in [1.29, 1.82) is 0 Å². The fourth-order valence-electron chi connectivity index (χ4n) is 1.92. The van der Waals surface area contributed by atoms with Crippen LogP contribution in [0, 0.1) is 13.8 Å². The molecular weight excluding hydrogens is 252 g/mol. The van der Waals surface area contributed by atoms with Crippen LogP contribution in [0.1, 0.15) is 27.6 Å². The van der Waals surface area contributed by atoms with Gasteiger partial charge >= 0.3 is 0 Å². The zero-order chi connectivity index (χ0) is 12.4. The van der Waals surface area contributed by atoms with Crippen LogP contribution in [0.3, 0.4) is 0 Å². The molecule has 0 bridgehead atoms. The van der Waals surface area contributed by atoms with Crippen molar-refractivity contribution in [3.8, 4) is 0 Å². The Morgan fingerprint density at radius 3 is 2.65 bits per heavy atom. The van der Waals surface area contributed by atoms with Gasteiger partial charge in [0.25, 0.3) is 0 Å². The summed E-state index contributed by atoms with van der Waals surface area (Å²) in [5.41, 5.74) is 6.33. The molecule has 1 heterocycles. The van der Waals surface area contributed by atoms with Gasteiger partial charge in [0.15, 0.2) is 0 Å². The molecule has 2 nitrogen and oxygen atoms in total. The van der Waals surface area contributed by atoms with Gasteiger partial charge in [0, 0.05) is 9.90 Å². The highest BCUT2D eigenvalue weighted by molar-refractivity contribution is 7.10. The molecule has 0 fully saturated rings. The molecule has 0 radical (unpaired) electrons. The van der Waals surface area contributed by atoms with Gasteiger partial charge < -0.3 is 0 Å². The first-order chi connectivity index (χ1) is 8.15. The number of hydrogen-bond acceptors (Lipinski definition) is 3. The molecule has 0 aliphatic heterocycles. The highest BCUT2D eigenvalue weighted by atomic mass is 35.5. The van der Waals surface area contributed by atoms with Crippen LogP contribution in [-0.4, -0.2) is 0 Å². The maximum atomic E-state index is 6.15. The van der Waals surface area contributed by atoms with Crippen molar-refractivity contribution >= 4 is 22.9 Å². The van der Waals surface area contributed by atoms with Crippen LogP contribution in [0.2, 0.25) is 5.02 Å². The summed E-state index contributed by atoms with van der Waals surface area (Å²) in [6.07, 6.45) is 0. The molecule has 1 aromatic heterocycles. The maximum Gasteiger partial charge on any atom is 0.0808 e. The topological polar surface area (TPSA) is 38.0 Å². The molecule has 4 heteroatoms. The van der Waals surface area contributed by atoms with Crippen LogP contribution in [0.4, 0.5) is 0 Å². The first-order valence-corrected chi connectivity index (χ1v) is 6.66. The van der Waals surface area contributed by atoms with Gasteiger partial charge in [0.1, 0.15) is 0 Å². The zero-order valence-corrected chi connectivity index (χ0v) is 11.4. The van der Waals surface area contributed by atoms with Gasteiger partial charge in [-0.3, -0.25) is 5.84 Å². The summed E-state index contributed by atoms with van der Waals surface area (Å²) in [5, 5.41) is 2.85. The van der Waals surface area contributed by atoms with Crippen molar-refractivity contribution < 1.29 is 0 Å². The van der Waals surface area contributed by atoms with Crippen molar-refractivity contribution in [2.45, 2.75) is 19.9 Å². The van der Waals surface area contributed by atoms with E-state index >= 15 is 0 Å². The third kappa shape index (κ3) is 2.38. The normalized spacial score (nSPS) is 12.7. The van der Waals surface area contributed by atoms with E-state index in [0.29, 0.717) is 0 Å².